The van der Waals surface area contributed by atoms with Crippen LogP contribution in [0.2, 0.25) is 5.02 Å². The van der Waals surface area contributed by atoms with Crippen LogP contribution in [0.1, 0.15) is 16.2 Å². The third-order valence-electron chi connectivity index (χ3n) is 2.42. The lowest BCUT2D eigenvalue weighted by Crippen LogP contribution is -2.17. The van der Waals surface area contributed by atoms with E-state index in [0.29, 0.717) is 10.7 Å². The molecule has 0 saturated heterocycles. The Hall–Kier alpha value is -2.41. The van der Waals surface area contributed by atoms with Gasteiger partial charge in [-0.2, -0.15) is 0 Å². The van der Waals surface area contributed by atoms with Crippen LogP contribution in [-0.4, -0.2) is 33.9 Å². The molecular weight excluding hydrogens is 284 g/mol. The molecule has 0 saturated carbocycles. The van der Waals surface area contributed by atoms with Crippen molar-refractivity contribution in [2.45, 2.75) is 6.42 Å². The number of anilines is 1. The lowest BCUT2D eigenvalue weighted by Gasteiger charge is -2.04. The van der Waals surface area contributed by atoms with Gasteiger partial charge in [0, 0.05) is 11.9 Å². The van der Waals surface area contributed by atoms with Crippen LogP contribution in [0.5, 0.6) is 0 Å². The quantitative estimate of drug-likeness (QED) is 0.831. The molecule has 0 fully saturated rings. The van der Waals surface area contributed by atoms with Gasteiger partial charge in [0.2, 0.25) is 5.91 Å². The normalized spacial score (nSPS) is 10.1. The number of imidazole rings is 1. The molecule has 0 bridgehead atoms. The van der Waals surface area contributed by atoms with E-state index in [1.54, 1.807) is 12.1 Å². The molecule has 2 rings (SSSR count). The summed E-state index contributed by atoms with van der Waals surface area (Å²) in [6, 6.07) is 3.29. The maximum Gasteiger partial charge on any atom is 0.358 e. The standard InChI is InChI=1S/C12H11ClN4O3/c1-20-12(19)10-11(16-6-15-10)17-9(18)4-8-3-2-7(13)5-14-8/h2-3,5-6H,4H2,1H3,(H,15,16)(H,17,18). The second kappa shape index (κ2) is 6.16. The number of amides is 1. The van der Waals surface area contributed by atoms with Crippen molar-refractivity contribution >= 4 is 29.3 Å². The third-order valence-corrected chi connectivity index (χ3v) is 2.64. The number of ether oxygens (including phenoxy) is 1. The summed E-state index contributed by atoms with van der Waals surface area (Å²) < 4.78 is 4.56. The van der Waals surface area contributed by atoms with Gasteiger partial charge >= 0.3 is 5.97 Å². The van der Waals surface area contributed by atoms with Crippen molar-refractivity contribution in [2.75, 3.05) is 12.4 Å². The minimum Gasteiger partial charge on any atom is -0.464 e. The van der Waals surface area contributed by atoms with Gasteiger partial charge in [-0.1, -0.05) is 11.6 Å². The third kappa shape index (κ3) is 3.33. The second-order valence-electron chi connectivity index (χ2n) is 3.81. The SMILES string of the molecule is COC(=O)c1[nH]cnc1NC(=O)Cc1ccc(Cl)cn1. The number of hydrogen-bond acceptors (Lipinski definition) is 5. The predicted molar refractivity (Wildman–Crippen MR) is 71.5 cm³/mol. The van der Waals surface area contributed by atoms with Gasteiger partial charge in [0.05, 0.1) is 24.9 Å². The smallest absolute Gasteiger partial charge is 0.358 e. The summed E-state index contributed by atoms with van der Waals surface area (Å²) in [5.74, 6) is -0.838. The fraction of sp³-hybridized carbons (Fsp3) is 0.167. The van der Waals surface area contributed by atoms with E-state index in [2.05, 4.69) is 25.0 Å². The molecule has 0 aliphatic carbocycles. The number of methoxy groups -OCH3 is 1. The number of pyridine rings is 1. The molecule has 0 aliphatic heterocycles. The van der Waals surface area contributed by atoms with Gasteiger partial charge in [0.25, 0.3) is 0 Å². The minimum absolute atomic E-state index is 0.0463. The molecule has 0 aromatic carbocycles. The van der Waals surface area contributed by atoms with Crippen LogP contribution >= 0.6 is 11.6 Å². The van der Waals surface area contributed by atoms with E-state index < -0.39 is 5.97 Å². The summed E-state index contributed by atoms with van der Waals surface area (Å²) >= 11 is 5.71. The van der Waals surface area contributed by atoms with Gasteiger partial charge < -0.3 is 15.0 Å². The lowest BCUT2D eigenvalue weighted by atomic mass is 10.2. The Morgan fingerprint density at radius 1 is 1.40 bits per heavy atom. The zero-order valence-corrected chi connectivity index (χ0v) is 11.3. The van der Waals surface area contributed by atoms with Crippen molar-refractivity contribution in [3.63, 3.8) is 0 Å². The summed E-state index contributed by atoms with van der Waals surface area (Å²) in [6.07, 6.45) is 2.80. The molecule has 104 valence electrons. The van der Waals surface area contributed by atoms with Crippen LogP contribution in [0, 0.1) is 0 Å². The zero-order chi connectivity index (χ0) is 14.5. The number of carbonyl (C=O) groups is 2. The van der Waals surface area contributed by atoms with Crippen molar-refractivity contribution in [1.82, 2.24) is 15.0 Å². The van der Waals surface area contributed by atoms with E-state index in [1.807, 2.05) is 0 Å². The molecule has 0 radical (unpaired) electrons. The number of aromatic nitrogens is 3. The summed E-state index contributed by atoms with van der Waals surface area (Å²) in [7, 11) is 1.24. The van der Waals surface area contributed by atoms with Gasteiger partial charge in [-0.15, -0.1) is 0 Å². The molecule has 0 atom stereocenters. The van der Waals surface area contributed by atoms with Crippen LogP contribution in [0.15, 0.2) is 24.7 Å². The fourth-order valence-corrected chi connectivity index (χ4v) is 1.61. The average Bonchev–Trinajstić information content (AvgIpc) is 2.88. The first-order valence-corrected chi connectivity index (χ1v) is 6.00. The molecular formula is C12H11ClN4O3. The van der Waals surface area contributed by atoms with E-state index >= 15 is 0 Å². The van der Waals surface area contributed by atoms with Crippen LogP contribution in [-0.2, 0) is 16.0 Å². The first kappa shape index (κ1) is 14.0. The Kier molecular flexibility index (Phi) is 4.31. The van der Waals surface area contributed by atoms with Crippen molar-refractivity contribution < 1.29 is 14.3 Å². The largest absolute Gasteiger partial charge is 0.464 e. The highest BCUT2D eigenvalue weighted by atomic mass is 35.5. The van der Waals surface area contributed by atoms with Crippen molar-refractivity contribution in [3.05, 3.63) is 41.1 Å². The van der Waals surface area contributed by atoms with Crippen molar-refractivity contribution in [2.24, 2.45) is 0 Å². The molecule has 2 heterocycles. The Balaban J connectivity index is 2.03. The molecule has 2 N–H and O–H groups in total. The van der Waals surface area contributed by atoms with E-state index in [1.165, 1.54) is 19.6 Å². The highest BCUT2D eigenvalue weighted by Crippen LogP contribution is 2.12. The van der Waals surface area contributed by atoms with Crippen LogP contribution < -0.4 is 5.32 Å². The zero-order valence-electron chi connectivity index (χ0n) is 10.5. The number of hydrogen-bond donors (Lipinski definition) is 2. The summed E-state index contributed by atoms with van der Waals surface area (Å²) in [5.41, 5.74) is 0.645. The van der Waals surface area contributed by atoms with E-state index in [0.717, 1.165) is 0 Å². The molecule has 2 aromatic heterocycles. The monoisotopic (exact) mass is 294 g/mol. The van der Waals surface area contributed by atoms with Crippen LogP contribution in [0.3, 0.4) is 0 Å². The molecule has 1 amide bonds. The van der Waals surface area contributed by atoms with Gasteiger partial charge in [-0.3, -0.25) is 9.78 Å². The maximum absolute atomic E-state index is 11.8. The van der Waals surface area contributed by atoms with Crippen LogP contribution in [0.25, 0.3) is 0 Å². The molecule has 0 unspecified atom stereocenters. The van der Waals surface area contributed by atoms with Gasteiger partial charge in [0.1, 0.15) is 0 Å². The number of halogens is 1. The topological polar surface area (TPSA) is 97.0 Å². The van der Waals surface area contributed by atoms with E-state index in [4.69, 9.17) is 11.6 Å². The first-order chi connectivity index (χ1) is 9.60. The summed E-state index contributed by atoms with van der Waals surface area (Å²) in [5, 5.41) is 3.01. The van der Waals surface area contributed by atoms with Gasteiger partial charge in [-0.25, -0.2) is 9.78 Å². The Morgan fingerprint density at radius 3 is 2.85 bits per heavy atom. The number of nitrogens with one attached hydrogen (secondary N) is 2. The van der Waals surface area contributed by atoms with Crippen molar-refractivity contribution in [1.29, 1.82) is 0 Å². The van der Waals surface area contributed by atoms with Gasteiger partial charge in [0.15, 0.2) is 11.5 Å². The maximum atomic E-state index is 11.8. The second-order valence-corrected chi connectivity index (χ2v) is 4.25. The number of carbonyl (C=O) groups excluding carboxylic acids is 2. The molecule has 2 aromatic rings. The lowest BCUT2D eigenvalue weighted by molar-refractivity contribution is -0.115. The number of esters is 1. The number of nitrogens with zero attached hydrogens (tertiary/aromatic N) is 2. The highest BCUT2D eigenvalue weighted by molar-refractivity contribution is 6.30. The molecule has 0 spiro atoms. The summed E-state index contributed by atoms with van der Waals surface area (Å²) in [4.78, 5) is 33.7. The Bertz CT molecular complexity index is 624. The molecule has 7 nitrogen and oxygen atoms in total. The highest BCUT2D eigenvalue weighted by Gasteiger charge is 2.16. The van der Waals surface area contributed by atoms with Gasteiger partial charge in [-0.05, 0) is 12.1 Å². The molecule has 8 heteroatoms. The number of H-pyrrole nitrogens is 1. The van der Waals surface area contributed by atoms with Crippen molar-refractivity contribution in [3.8, 4) is 0 Å². The predicted octanol–water partition coefficient (Wildman–Crippen LogP) is 1.43. The Labute approximate surface area is 119 Å². The summed E-state index contributed by atoms with van der Waals surface area (Å²) in [6.45, 7) is 0. The minimum atomic E-state index is -0.609. The number of rotatable bonds is 4. The number of aromatic amines is 1. The average molecular weight is 295 g/mol. The first-order valence-electron chi connectivity index (χ1n) is 5.62. The van der Waals surface area contributed by atoms with E-state index in [-0.39, 0.29) is 23.8 Å². The molecule has 0 aliphatic rings. The van der Waals surface area contributed by atoms with Crippen LogP contribution in [0.4, 0.5) is 5.82 Å². The molecule has 20 heavy (non-hydrogen) atoms. The van der Waals surface area contributed by atoms with E-state index in [9.17, 15) is 9.59 Å². The Morgan fingerprint density at radius 2 is 2.20 bits per heavy atom. The fourth-order valence-electron chi connectivity index (χ4n) is 1.50.